The van der Waals surface area contributed by atoms with Crippen LogP contribution in [-0.4, -0.2) is 27.4 Å². The zero-order valence-corrected chi connectivity index (χ0v) is 47.4. The zero-order valence-electron chi connectivity index (χ0n) is 47.4. The average molecular weight is 1120 g/mol. The lowest BCUT2D eigenvalue weighted by molar-refractivity contribution is 0.984. The molecule has 0 spiro atoms. The molecule has 0 atom stereocenters. The Bertz CT molecular complexity index is 5740. The predicted molar refractivity (Wildman–Crippen MR) is 365 cm³/mol. The lowest BCUT2D eigenvalue weighted by Gasteiger charge is -2.32. The van der Waals surface area contributed by atoms with E-state index in [0.29, 0.717) is 5.56 Å². The summed E-state index contributed by atoms with van der Waals surface area (Å²) in [4.78, 5) is 0. The van der Waals surface area contributed by atoms with E-state index < -0.39 is 0 Å². The molecule has 0 fully saturated rings. The Morgan fingerprint density at radius 3 is 0.841 bits per heavy atom. The molecule has 408 valence electrons. The highest BCUT2D eigenvalue weighted by Crippen LogP contribution is 2.55. The number of nitrogens with zero attached hydrogens (tertiary/aromatic N) is 7. The van der Waals surface area contributed by atoms with E-state index in [-0.39, 0.29) is 0 Å². The second-order valence-electron chi connectivity index (χ2n) is 23.0. The molecule has 0 saturated heterocycles. The maximum Gasteiger partial charge on any atom is 0.131 e. The Morgan fingerprint density at radius 2 is 0.500 bits per heavy atom. The molecular weight excluding hydrogens is 1070 g/mol. The monoisotopic (exact) mass is 1120 g/mol. The van der Waals surface area contributed by atoms with E-state index in [1.807, 2.05) is 6.07 Å². The molecule has 6 heterocycles. The SMILES string of the molecule is N#Cc1cccc(-c2c(-n3c4ccccc4c4ccccc43)c(-n3c4ccccc4c4ccccc43)c(-n3c4ccccc4c4c5ccccc5n(-c5ccccc5)c43)c(-n3c4ccccc4c4ccccc43)c2-n2c3ccccc3c3ccccc32)c1. The van der Waals surface area contributed by atoms with Crippen molar-refractivity contribution in [3.63, 3.8) is 0 Å². The molecule has 0 aliphatic rings. The third-order valence-electron chi connectivity index (χ3n) is 18.6. The van der Waals surface area contributed by atoms with Crippen molar-refractivity contribution in [2.75, 3.05) is 0 Å². The topological polar surface area (TPSA) is 53.4 Å². The molecule has 19 rings (SSSR count). The Hall–Kier alpha value is -12.1. The van der Waals surface area contributed by atoms with Gasteiger partial charge in [0.1, 0.15) is 11.3 Å². The molecule has 0 bridgehead atoms. The summed E-state index contributed by atoms with van der Waals surface area (Å²) in [5, 5.41) is 23.7. The molecule has 0 N–H and O–H groups in total. The Morgan fingerprint density at radius 1 is 0.227 bits per heavy atom. The van der Waals surface area contributed by atoms with E-state index in [0.717, 1.165) is 165 Å². The number of fused-ring (bicyclic) bond motifs is 17. The summed E-state index contributed by atoms with van der Waals surface area (Å²) >= 11 is 0. The zero-order chi connectivity index (χ0) is 57.7. The summed E-state index contributed by atoms with van der Waals surface area (Å²) in [7, 11) is 0. The number of para-hydroxylation sites is 11. The lowest BCUT2D eigenvalue weighted by Crippen LogP contribution is -2.19. The van der Waals surface area contributed by atoms with Crippen molar-refractivity contribution in [1.29, 1.82) is 5.26 Å². The van der Waals surface area contributed by atoms with Gasteiger partial charge in [-0.25, -0.2) is 0 Å². The Balaban J connectivity index is 1.24. The summed E-state index contributed by atoms with van der Waals surface area (Å²) in [6, 6.07) is 111. The maximum atomic E-state index is 11.2. The van der Waals surface area contributed by atoms with Crippen LogP contribution < -0.4 is 0 Å². The van der Waals surface area contributed by atoms with Crippen molar-refractivity contribution in [1.82, 2.24) is 27.4 Å². The third-order valence-corrected chi connectivity index (χ3v) is 18.6. The molecule has 19 aromatic rings. The van der Waals surface area contributed by atoms with Crippen LogP contribution in [0.2, 0.25) is 0 Å². The van der Waals surface area contributed by atoms with Gasteiger partial charge in [0, 0.05) is 70.5 Å². The minimum absolute atomic E-state index is 0.560. The lowest BCUT2D eigenvalue weighted by atomic mass is 9.94. The smallest absolute Gasteiger partial charge is 0.131 e. The molecular formula is C81H49N7. The van der Waals surface area contributed by atoms with Gasteiger partial charge in [0.15, 0.2) is 0 Å². The van der Waals surface area contributed by atoms with Crippen molar-refractivity contribution in [3.05, 3.63) is 303 Å². The fourth-order valence-electron chi connectivity index (χ4n) is 15.2. The normalized spacial score (nSPS) is 12.1. The summed E-state index contributed by atoms with van der Waals surface area (Å²) in [5.41, 5.74) is 19.8. The van der Waals surface area contributed by atoms with Crippen LogP contribution in [0.15, 0.2) is 297 Å². The molecule has 0 amide bonds. The molecule has 6 aromatic heterocycles. The van der Waals surface area contributed by atoms with Gasteiger partial charge in [-0.2, -0.15) is 5.26 Å². The van der Waals surface area contributed by atoms with Gasteiger partial charge >= 0.3 is 0 Å². The van der Waals surface area contributed by atoms with Gasteiger partial charge in [0.25, 0.3) is 0 Å². The third kappa shape index (κ3) is 6.49. The molecule has 7 nitrogen and oxygen atoms in total. The van der Waals surface area contributed by atoms with Gasteiger partial charge in [-0.1, -0.05) is 212 Å². The van der Waals surface area contributed by atoms with Crippen molar-refractivity contribution in [2.24, 2.45) is 0 Å². The van der Waals surface area contributed by atoms with E-state index >= 15 is 0 Å². The number of nitriles is 1. The van der Waals surface area contributed by atoms with Crippen molar-refractivity contribution in [2.45, 2.75) is 0 Å². The van der Waals surface area contributed by atoms with E-state index in [1.54, 1.807) is 0 Å². The van der Waals surface area contributed by atoms with Crippen LogP contribution >= 0.6 is 0 Å². The second-order valence-corrected chi connectivity index (χ2v) is 23.0. The van der Waals surface area contributed by atoms with Crippen LogP contribution in [0.25, 0.3) is 165 Å². The van der Waals surface area contributed by atoms with Crippen LogP contribution in [0.5, 0.6) is 0 Å². The van der Waals surface area contributed by atoms with Crippen LogP contribution in [0, 0.1) is 11.3 Å². The number of rotatable bonds is 7. The predicted octanol–water partition coefficient (Wildman–Crippen LogP) is 20.7. The van der Waals surface area contributed by atoms with Crippen molar-refractivity contribution < 1.29 is 0 Å². The molecule has 0 radical (unpaired) electrons. The quantitative estimate of drug-likeness (QED) is 0.157. The van der Waals surface area contributed by atoms with E-state index in [2.05, 4.69) is 325 Å². The largest absolute Gasteiger partial charge is 0.306 e. The second kappa shape index (κ2) is 18.4. The average Bonchev–Trinajstić information content (AvgIpc) is 1.44. The van der Waals surface area contributed by atoms with E-state index in [9.17, 15) is 5.26 Å². The highest BCUT2D eigenvalue weighted by atomic mass is 15.2. The molecule has 0 saturated carbocycles. The first-order valence-corrected chi connectivity index (χ1v) is 30.0. The number of hydrogen-bond acceptors (Lipinski definition) is 1. The highest BCUT2D eigenvalue weighted by Gasteiger charge is 2.38. The van der Waals surface area contributed by atoms with E-state index in [1.165, 1.54) is 0 Å². The van der Waals surface area contributed by atoms with Crippen LogP contribution in [-0.2, 0) is 0 Å². The van der Waals surface area contributed by atoms with Crippen LogP contribution in [0.4, 0.5) is 0 Å². The summed E-state index contributed by atoms with van der Waals surface area (Å²) in [5.74, 6) is 0. The van der Waals surface area contributed by atoms with Crippen LogP contribution in [0.1, 0.15) is 5.56 Å². The van der Waals surface area contributed by atoms with Gasteiger partial charge in [0.2, 0.25) is 0 Å². The Labute approximate surface area is 504 Å². The number of benzene rings is 13. The van der Waals surface area contributed by atoms with Gasteiger partial charge in [-0.15, -0.1) is 0 Å². The van der Waals surface area contributed by atoms with Gasteiger partial charge in [0.05, 0.1) is 89.5 Å². The fourth-order valence-corrected chi connectivity index (χ4v) is 15.2. The standard InChI is InChI=1S/C81H49N7/c82-50-51-25-24-26-52(49-51)74-76(84-64-39-14-4-29-54(64)55-30-5-15-40-65(55)84)78(86-68-43-18-8-33-58(68)59-34-9-19-44-69(59)86)80(88-73-48-23-13-38-63(73)75-62-37-12-22-47-72(62)83(81(75)88)53-27-2-1-3-28-53)79(87-70-45-20-10-35-60(70)61-36-11-21-46-71(61)87)77(74)85-66-41-16-6-31-56(66)57-32-7-17-42-67(57)85/h1-49H. The summed E-state index contributed by atoms with van der Waals surface area (Å²) in [6.45, 7) is 0. The molecule has 0 aliphatic carbocycles. The van der Waals surface area contributed by atoms with Crippen molar-refractivity contribution >= 4 is 120 Å². The van der Waals surface area contributed by atoms with Crippen molar-refractivity contribution in [3.8, 4) is 51.3 Å². The maximum absolute atomic E-state index is 11.2. The minimum atomic E-state index is 0.560. The molecule has 0 aliphatic heterocycles. The molecule has 88 heavy (non-hydrogen) atoms. The highest BCUT2D eigenvalue weighted by molar-refractivity contribution is 6.24. The fraction of sp³-hybridized carbons (Fsp3) is 0. The first-order valence-electron chi connectivity index (χ1n) is 30.0. The van der Waals surface area contributed by atoms with Gasteiger partial charge in [-0.05, 0) is 90.5 Å². The first-order chi connectivity index (χ1) is 43.7. The van der Waals surface area contributed by atoms with Crippen LogP contribution in [0.3, 0.4) is 0 Å². The Kier molecular flexibility index (Phi) is 10.1. The number of aromatic nitrogens is 6. The molecule has 0 unspecified atom stereocenters. The minimum Gasteiger partial charge on any atom is -0.306 e. The summed E-state index contributed by atoms with van der Waals surface area (Å²) in [6.07, 6.45) is 0. The van der Waals surface area contributed by atoms with E-state index in [4.69, 9.17) is 0 Å². The first kappa shape index (κ1) is 48.3. The summed E-state index contributed by atoms with van der Waals surface area (Å²) < 4.78 is 15.4. The molecule has 7 heteroatoms. The molecule has 13 aromatic carbocycles. The number of hydrogen-bond donors (Lipinski definition) is 0. The van der Waals surface area contributed by atoms with Gasteiger partial charge in [-0.3, -0.25) is 9.13 Å². The van der Waals surface area contributed by atoms with Gasteiger partial charge < -0.3 is 18.3 Å².